The fourth-order valence-electron chi connectivity index (χ4n) is 6.53. The highest BCUT2D eigenvalue weighted by Crippen LogP contribution is 2.46. The predicted octanol–water partition coefficient (Wildman–Crippen LogP) is 10.3. The van der Waals surface area contributed by atoms with Crippen molar-refractivity contribution in [1.82, 2.24) is 19.5 Å². The fourth-order valence-corrected chi connectivity index (χ4v) is 6.53. The number of hydrogen-bond acceptors (Lipinski definition) is 4. The summed E-state index contributed by atoms with van der Waals surface area (Å²) in [5.41, 5.74) is 9.52. The number of fused-ring (bicyclic) bond motifs is 6. The minimum absolute atomic E-state index is 0.578. The van der Waals surface area contributed by atoms with E-state index in [0.29, 0.717) is 17.6 Å². The van der Waals surface area contributed by atoms with E-state index in [1.165, 1.54) is 0 Å². The van der Waals surface area contributed by atoms with Gasteiger partial charge < -0.3 is 4.90 Å². The SMILES string of the molecule is C1=Cc2c(ccc3c4ccccc4n(-c4nc(-c5ccccc5)nc(-c5ccccc5)n4)c23)N(c2ccccc2)c2ccccc21. The summed E-state index contributed by atoms with van der Waals surface area (Å²) >= 11 is 0. The van der Waals surface area contributed by atoms with Crippen molar-refractivity contribution in [3.8, 4) is 28.7 Å². The third-order valence-corrected chi connectivity index (χ3v) is 8.60. The zero-order valence-electron chi connectivity index (χ0n) is 24.8. The molecule has 216 valence electrons. The van der Waals surface area contributed by atoms with Crippen LogP contribution in [-0.2, 0) is 0 Å². The summed E-state index contributed by atoms with van der Waals surface area (Å²) in [6.45, 7) is 0. The molecule has 46 heavy (non-hydrogen) atoms. The summed E-state index contributed by atoms with van der Waals surface area (Å²) in [7, 11) is 0. The maximum Gasteiger partial charge on any atom is 0.238 e. The standard InChI is InChI=1S/C41H27N5/c1-4-15-29(16-5-1)39-42-40(30-17-6-2-7-18-30)44-41(43-39)46-36-23-13-11-21-32(36)33-26-27-37-34(38(33)46)25-24-28-14-10-12-22-35(28)45(37)31-19-8-3-9-20-31/h1-27H. The Morgan fingerprint density at radius 1 is 0.435 bits per heavy atom. The monoisotopic (exact) mass is 589 g/mol. The molecular weight excluding hydrogens is 562 g/mol. The summed E-state index contributed by atoms with van der Waals surface area (Å²) in [6, 6.07) is 52.4. The first kappa shape index (κ1) is 26.1. The van der Waals surface area contributed by atoms with Crippen molar-refractivity contribution in [2.45, 2.75) is 0 Å². The molecule has 2 aromatic heterocycles. The van der Waals surface area contributed by atoms with Gasteiger partial charge in [-0.25, -0.2) is 4.98 Å². The van der Waals surface area contributed by atoms with Crippen LogP contribution in [0.5, 0.6) is 0 Å². The highest BCUT2D eigenvalue weighted by Gasteiger charge is 2.25. The van der Waals surface area contributed by atoms with Crippen molar-refractivity contribution in [3.05, 3.63) is 163 Å². The second kappa shape index (κ2) is 10.7. The van der Waals surface area contributed by atoms with Gasteiger partial charge in [-0.05, 0) is 35.9 Å². The molecule has 0 N–H and O–H groups in total. The normalized spacial score (nSPS) is 12.2. The summed E-state index contributed by atoms with van der Waals surface area (Å²) in [6.07, 6.45) is 4.46. The molecule has 5 heteroatoms. The number of rotatable bonds is 4. The van der Waals surface area contributed by atoms with Crippen molar-refractivity contribution in [2.75, 3.05) is 4.90 Å². The number of hydrogen-bond donors (Lipinski definition) is 0. The maximum absolute atomic E-state index is 5.16. The summed E-state index contributed by atoms with van der Waals surface area (Å²) in [4.78, 5) is 17.6. The Morgan fingerprint density at radius 3 is 1.76 bits per heavy atom. The second-order valence-electron chi connectivity index (χ2n) is 11.3. The highest BCUT2D eigenvalue weighted by molar-refractivity contribution is 6.14. The number of aromatic nitrogens is 4. The Hall–Kier alpha value is -6.33. The summed E-state index contributed by atoms with van der Waals surface area (Å²) in [5, 5.41) is 2.28. The molecule has 0 radical (unpaired) electrons. The van der Waals surface area contributed by atoms with Gasteiger partial charge in [-0.2, -0.15) is 9.97 Å². The van der Waals surface area contributed by atoms with Gasteiger partial charge in [0.1, 0.15) is 0 Å². The molecule has 1 aliphatic heterocycles. The molecule has 6 aromatic carbocycles. The van der Waals surface area contributed by atoms with E-state index >= 15 is 0 Å². The molecule has 3 heterocycles. The Morgan fingerprint density at radius 2 is 1.04 bits per heavy atom. The van der Waals surface area contributed by atoms with Crippen LogP contribution in [0.2, 0.25) is 0 Å². The lowest BCUT2D eigenvalue weighted by Gasteiger charge is -2.27. The molecule has 0 amide bonds. The molecule has 5 nitrogen and oxygen atoms in total. The first-order valence-corrected chi connectivity index (χ1v) is 15.4. The first-order chi connectivity index (χ1) is 22.8. The molecule has 0 bridgehead atoms. The van der Waals surface area contributed by atoms with Crippen LogP contribution in [0.15, 0.2) is 152 Å². The Bertz CT molecular complexity index is 2350. The van der Waals surface area contributed by atoms with Crippen LogP contribution >= 0.6 is 0 Å². The molecule has 0 spiro atoms. The van der Waals surface area contributed by atoms with E-state index < -0.39 is 0 Å². The van der Waals surface area contributed by atoms with Crippen molar-refractivity contribution >= 4 is 51.0 Å². The molecule has 8 aromatic rings. The lowest BCUT2D eigenvalue weighted by Crippen LogP contribution is -2.12. The molecule has 0 aliphatic carbocycles. The van der Waals surface area contributed by atoms with Crippen LogP contribution in [0.4, 0.5) is 17.1 Å². The van der Waals surface area contributed by atoms with Gasteiger partial charge in [0.2, 0.25) is 5.95 Å². The number of nitrogens with zero attached hydrogens (tertiary/aromatic N) is 5. The zero-order chi connectivity index (χ0) is 30.5. The van der Waals surface area contributed by atoms with E-state index in [9.17, 15) is 0 Å². The van der Waals surface area contributed by atoms with Crippen molar-refractivity contribution in [2.24, 2.45) is 0 Å². The zero-order valence-corrected chi connectivity index (χ0v) is 24.8. The van der Waals surface area contributed by atoms with Gasteiger partial charge in [0.25, 0.3) is 0 Å². The van der Waals surface area contributed by atoms with Gasteiger partial charge in [-0.3, -0.25) is 4.57 Å². The minimum Gasteiger partial charge on any atom is -0.309 e. The van der Waals surface area contributed by atoms with E-state index in [4.69, 9.17) is 15.0 Å². The van der Waals surface area contributed by atoms with E-state index in [-0.39, 0.29) is 0 Å². The molecule has 0 atom stereocenters. The average molecular weight is 590 g/mol. The van der Waals surface area contributed by atoms with Crippen LogP contribution in [0.25, 0.3) is 62.7 Å². The number of para-hydroxylation sites is 3. The largest absolute Gasteiger partial charge is 0.309 e. The molecule has 0 fully saturated rings. The molecule has 0 saturated heterocycles. The topological polar surface area (TPSA) is 46.8 Å². The van der Waals surface area contributed by atoms with Crippen molar-refractivity contribution in [3.63, 3.8) is 0 Å². The van der Waals surface area contributed by atoms with Crippen LogP contribution < -0.4 is 4.90 Å². The third kappa shape index (κ3) is 4.21. The molecule has 1 aliphatic rings. The average Bonchev–Trinajstić information content (AvgIpc) is 3.37. The number of benzene rings is 6. The Balaban J connectivity index is 1.39. The molecular formula is C41H27N5. The molecule has 0 saturated carbocycles. The summed E-state index contributed by atoms with van der Waals surface area (Å²) in [5.74, 6) is 1.84. The van der Waals surface area contributed by atoms with Crippen molar-refractivity contribution < 1.29 is 0 Å². The van der Waals surface area contributed by atoms with E-state index in [0.717, 1.165) is 61.1 Å². The van der Waals surface area contributed by atoms with Crippen LogP contribution in [-0.4, -0.2) is 19.5 Å². The maximum atomic E-state index is 5.16. The van der Waals surface area contributed by atoms with Gasteiger partial charge in [-0.1, -0.05) is 133 Å². The van der Waals surface area contributed by atoms with Crippen molar-refractivity contribution in [1.29, 1.82) is 0 Å². The van der Waals surface area contributed by atoms with E-state index in [1.807, 2.05) is 60.7 Å². The Labute approximate surface area is 266 Å². The van der Waals surface area contributed by atoms with Gasteiger partial charge in [0.15, 0.2) is 11.6 Å². The van der Waals surface area contributed by atoms with Gasteiger partial charge >= 0.3 is 0 Å². The smallest absolute Gasteiger partial charge is 0.238 e. The lowest BCUT2D eigenvalue weighted by molar-refractivity contribution is 0.953. The lowest BCUT2D eigenvalue weighted by atomic mass is 10.1. The van der Waals surface area contributed by atoms with E-state index in [2.05, 4.69) is 113 Å². The van der Waals surface area contributed by atoms with E-state index in [1.54, 1.807) is 0 Å². The molecule has 9 rings (SSSR count). The van der Waals surface area contributed by atoms with Crippen LogP contribution in [0, 0.1) is 0 Å². The van der Waals surface area contributed by atoms with Crippen LogP contribution in [0.3, 0.4) is 0 Å². The second-order valence-corrected chi connectivity index (χ2v) is 11.3. The quantitative estimate of drug-likeness (QED) is 0.205. The highest BCUT2D eigenvalue weighted by atomic mass is 15.2. The molecule has 0 unspecified atom stereocenters. The van der Waals surface area contributed by atoms with Gasteiger partial charge in [-0.15, -0.1) is 0 Å². The summed E-state index contributed by atoms with van der Waals surface area (Å²) < 4.78 is 2.22. The van der Waals surface area contributed by atoms with Gasteiger partial charge in [0.05, 0.1) is 22.4 Å². The third-order valence-electron chi connectivity index (χ3n) is 8.60. The first-order valence-electron chi connectivity index (χ1n) is 15.4. The fraction of sp³-hybridized carbons (Fsp3) is 0. The minimum atomic E-state index is 0.578. The van der Waals surface area contributed by atoms with Gasteiger partial charge in [0, 0.05) is 33.2 Å². The Kier molecular flexibility index (Phi) is 6.06. The predicted molar refractivity (Wildman–Crippen MR) is 189 cm³/mol. The number of anilines is 3. The van der Waals surface area contributed by atoms with Crippen LogP contribution in [0.1, 0.15) is 11.1 Å².